The average Bonchev–Trinajstić information content (AvgIpc) is 3.61. The molecule has 9 aromatic rings. The fourth-order valence-electron chi connectivity index (χ4n) is 7.09. The van der Waals surface area contributed by atoms with Crippen molar-refractivity contribution < 1.29 is 21.1 Å². The Hall–Kier alpha value is -5.18. The molecule has 0 fully saturated rings. The zero-order chi connectivity index (χ0) is 31.5. The van der Waals surface area contributed by atoms with E-state index < -0.39 is 0 Å². The van der Waals surface area contributed by atoms with Crippen LogP contribution in [-0.4, -0.2) is 34.2 Å². The molecule has 4 heterocycles. The second-order valence-corrected chi connectivity index (χ2v) is 12.3. The van der Waals surface area contributed by atoms with E-state index in [2.05, 4.69) is 150 Å². The number of hydrogen-bond acceptors (Lipinski definition) is 2. The molecule has 3 radical (unpaired) electrons. The summed E-state index contributed by atoms with van der Waals surface area (Å²) in [6, 6.07) is 52.9. The number of hydrogen-bond donors (Lipinski definition) is 0. The molecule has 0 N–H and O–H groups in total. The molecule has 0 aliphatic carbocycles. The van der Waals surface area contributed by atoms with Crippen LogP contribution in [0.1, 0.15) is 11.1 Å². The van der Waals surface area contributed by atoms with Crippen LogP contribution in [0.25, 0.3) is 55.2 Å². The smallest absolute Gasteiger partial charge is 0.319 e. The predicted octanol–water partition coefficient (Wildman–Crippen LogP) is 7.02. The van der Waals surface area contributed by atoms with Gasteiger partial charge in [-0.25, -0.2) is 9.97 Å². The van der Waals surface area contributed by atoms with Crippen LogP contribution in [0.3, 0.4) is 0 Å². The van der Waals surface area contributed by atoms with E-state index in [0.717, 1.165) is 55.4 Å². The number of benzene rings is 5. The molecule has 0 bridgehead atoms. The molecule has 9 rings (SSSR count). The van der Waals surface area contributed by atoms with E-state index >= 15 is 0 Å². The maximum Gasteiger partial charge on any atom is 2.00 e. The van der Waals surface area contributed by atoms with Crippen LogP contribution in [0.15, 0.2) is 140 Å². The zero-order valence-electron chi connectivity index (χ0n) is 27.0. The normalized spacial score (nSPS) is 11.1. The molecule has 4 nitrogen and oxygen atoms in total. The summed E-state index contributed by atoms with van der Waals surface area (Å²) in [7, 11) is 0. The van der Waals surface area contributed by atoms with Gasteiger partial charge in [-0.05, 0) is 72.1 Å². The van der Waals surface area contributed by atoms with Crippen molar-refractivity contribution in [2.45, 2.75) is 13.8 Å². The quantitative estimate of drug-likeness (QED) is 0.139. The first kappa shape index (κ1) is 32.4. The first-order valence-electron chi connectivity index (χ1n) is 16.0. The molecule has 233 valence electrons. The van der Waals surface area contributed by atoms with Gasteiger partial charge in [-0.3, -0.25) is 0 Å². The number of pyridine rings is 2. The molecule has 0 atom stereocenters. The summed E-state index contributed by atoms with van der Waals surface area (Å²) < 4.78 is 4.49. The van der Waals surface area contributed by atoms with Gasteiger partial charge in [0.05, 0.1) is 0 Å². The number of rotatable bonds is 5. The molecular formula is C42H29B2N4Pt. The molecule has 0 spiro atoms. The van der Waals surface area contributed by atoms with Crippen molar-refractivity contribution in [3.8, 4) is 11.6 Å². The third kappa shape index (κ3) is 5.41. The standard InChI is InChI=1S/C42H29BN4.B.Pt/c1-28-20-22-44-41(24-28)46-37-14-8-6-12-33(37)35-18-16-31(26-39(35)46)43(30-10-4-3-5-11-30)32-17-19-36-34-13-7-9-15-38(34)47(40(36)27-32)42-25-29(2)21-23-45-42;;/h3-25H,1-2H3;;/q-2;;+2. The summed E-state index contributed by atoms with van der Waals surface area (Å²) in [6.07, 6.45) is 3.77. The molecule has 0 aliphatic heterocycles. The van der Waals surface area contributed by atoms with Crippen molar-refractivity contribution in [2.24, 2.45) is 0 Å². The SMILES string of the molecule is Cc1ccnc(-n2c3[c-]c(B(c4[c-]c5c(cc4)c4ccccc4n5-c4cc(C)ccn4)c4ccccc4)ccc3c3ccccc32)c1.[B].[Pt+2]. The summed E-state index contributed by atoms with van der Waals surface area (Å²) in [4.78, 5) is 9.60. The molecule has 0 unspecified atom stereocenters. The van der Waals surface area contributed by atoms with E-state index in [0.29, 0.717) is 0 Å². The van der Waals surface area contributed by atoms with Gasteiger partial charge in [0, 0.05) is 31.8 Å². The van der Waals surface area contributed by atoms with Gasteiger partial charge in [-0.1, -0.05) is 83.2 Å². The zero-order valence-corrected chi connectivity index (χ0v) is 29.3. The minimum atomic E-state index is -0.0983. The van der Waals surface area contributed by atoms with Crippen molar-refractivity contribution in [3.05, 3.63) is 163 Å². The van der Waals surface area contributed by atoms with Gasteiger partial charge in [0.2, 0.25) is 0 Å². The van der Waals surface area contributed by atoms with Crippen molar-refractivity contribution in [3.63, 3.8) is 0 Å². The fraction of sp³-hybridized carbons (Fsp3) is 0.0476. The summed E-state index contributed by atoms with van der Waals surface area (Å²) in [6.45, 7) is 4.12. The molecule has 7 heteroatoms. The van der Waals surface area contributed by atoms with E-state index in [-0.39, 0.29) is 36.2 Å². The summed E-state index contributed by atoms with van der Waals surface area (Å²) >= 11 is 0. The molecule has 5 aromatic carbocycles. The maximum atomic E-state index is 4.80. The molecule has 0 saturated heterocycles. The van der Waals surface area contributed by atoms with Crippen LogP contribution in [0, 0.1) is 26.0 Å². The Balaban J connectivity index is 0.00000189. The van der Waals surface area contributed by atoms with Gasteiger partial charge >= 0.3 is 21.1 Å². The van der Waals surface area contributed by atoms with E-state index in [1.165, 1.54) is 27.4 Å². The Kier molecular flexibility index (Phi) is 8.60. The molecule has 0 aliphatic rings. The first-order chi connectivity index (χ1) is 23.1. The van der Waals surface area contributed by atoms with Crippen LogP contribution in [0.2, 0.25) is 0 Å². The van der Waals surface area contributed by atoms with Gasteiger partial charge in [0.1, 0.15) is 11.6 Å². The number of aromatic nitrogens is 4. The summed E-state index contributed by atoms with van der Waals surface area (Å²) in [5, 5.41) is 4.69. The summed E-state index contributed by atoms with van der Waals surface area (Å²) in [5.74, 6) is 1.79. The molecule has 0 saturated carbocycles. The number of aryl methyl sites for hydroxylation is 2. The number of nitrogens with zero attached hydrogens (tertiary/aromatic N) is 4. The Morgan fingerprint density at radius 1 is 0.510 bits per heavy atom. The van der Waals surface area contributed by atoms with Gasteiger partial charge in [-0.15, -0.1) is 10.8 Å². The molecule has 4 aromatic heterocycles. The number of para-hydroxylation sites is 2. The van der Waals surface area contributed by atoms with Crippen molar-refractivity contribution in [2.75, 3.05) is 0 Å². The first-order valence-corrected chi connectivity index (χ1v) is 16.0. The van der Waals surface area contributed by atoms with E-state index in [9.17, 15) is 0 Å². The van der Waals surface area contributed by atoms with E-state index in [1.807, 2.05) is 24.5 Å². The van der Waals surface area contributed by atoms with Crippen LogP contribution in [0.4, 0.5) is 0 Å². The topological polar surface area (TPSA) is 35.6 Å². The van der Waals surface area contributed by atoms with Gasteiger partial charge in [-0.2, -0.15) is 47.3 Å². The van der Waals surface area contributed by atoms with Crippen molar-refractivity contribution >= 4 is 75.1 Å². The Morgan fingerprint density at radius 2 is 0.959 bits per heavy atom. The van der Waals surface area contributed by atoms with Crippen molar-refractivity contribution in [1.82, 2.24) is 19.1 Å². The summed E-state index contributed by atoms with van der Waals surface area (Å²) in [5.41, 5.74) is 9.94. The molecule has 49 heavy (non-hydrogen) atoms. The van der Waals surface area contributed by atoms with E-state index in [4.69, 9.17) is 9.97 Å². The third-order valence-corrected chi connectivity index (χ3v) is 9.23. The van der Waals surface area contributed by atoms with Gasteiger partial charge < -0.3 is 9.13 Å². The largest absolute Gasteiger partial charge is 2.00 e. The van der Waals surface area contributed by atoms with E-state index in [1.54, 1.807) is 0 Å². The minimum Gasteiger partial charge on any atom is -0.319 e. The number of fused-ring (bicyclic) bond motifs is 6. The Bertz CT molecular complexity index is 2460. The molecule has 0 amide bonds. The predicted molar refractivity (Wildman–Crippen MR) is 201 cm³/mol. The van der Waals surface area contributed by atoms with Crippen LogP contribution in [-0.2, 0) is 21.1 Å². The van der Waals surface area contributed by atoms with Crippen molar-refractivity contribution in [1.29, 1.82) is 0 Å². The average molecular weight is 806 g/mol. The maximum absolute atomic E-state index is 4.80. The van der Waals surface area contributed by atoms with Gasteiger partial charge in [0.15, 0.2) is 6.71 Å². The molecular weight excluding hydrogens is 777 g/mol. The second-order valence-electron chi connectivity index (χ2n) is 12.3. The van der Waals surface area contributed by atoms with Gasteiger partial charge in [0.25, 0.3) is 0 Å². The monoisotopic (exact) mass is 806 g/mol. The fourth-order valence-corrected chi connectivity index (χ4v) is 7.09. The Labute approximate surface area is 302 Å². The minimum absolute atomic E-state index is 0. The third-order valence-electron chi connectivity index (χ3n) is 9.23. The van der Waals surface area contributed by atoms with Crippen LogP contribution >= 0.6 is 0 Å². The van der Waals surface area contributed by atoms with Crippen LogP contribution < -0.4 is 16.4 Å². The second kappa shape index (κ2) is 13.0. The van der Waals surface area contributed by atoms with Crippen LogP contribution in [0.5, 0.6) is 0 Å². The Morgan fingerprint density at radius 3 is 1.43 bits per heavy atom.